The van der Waals surface area contributed by atoms with Crippen molar-refractivity contribution in [2.45, 2.75) is 24.7 Å². The number of anilines is 1. The highest BCUT2D eigenvalue weighted by Gasteiger charge is 2.52. The molecule has 0 amide bonds. The van der Waals surface area contributed by atoms with Crippen molar-refractivity contribution >= 4 is 5.82 Å². The number of phenolic OH excluding ortho intramolecular Hbond substituents is 1. The zero-order valence-electron chi connectivity index (χ0n) is 18.3. The van der Waals surface area contributed by atoms with Crippen LogP contribution in [0.15, 0.2) is 53.5 Å². The summed E-state index contributed by atoms with van der Waals surface area (Å²) in [6, 6.07) is 12.0. The third-order valence-electron chi connectivity index (χ3n) is 6.98. The zero-order valence-corrected chi connectivity index (χ0v) is 18.3. The Hall–Kier alpha value is -3.26. The monoisotopic (exact) mass is 435 g/mol. The number of alkyl halides is 1. The standard InChI is InChI=1S/C24H26FN5O2/c1-28-9-8-15(12-22(28)32)14-4-5-17(20(31)11-14)18-6-7-21(27-26-18)30(3)24-16-10-19(23(24)25)29(2)13-16/h4-9,11-12,16,19,23-24,31H,10,13H2,1-3H3/t16-,19-,23-,24-/m1/s1. The zero-order chi connectivity index (χ0) is 22.6. The van der Waals surface area contributed by atoms with E-state index < -0.39 is 6.17 Å². The molecule has 0 radical (unpaired) electrons. The third-order valence-corrected chi connectivity index (χ3v) is 6.98. The molecule has 8 heteroatoms. The van der Waals surface area contributed by atoms with E-state index in [4.69, 9.17) is 0 Å². The van der Waals surface area contributed by atoms with Crippen LogP contribution in [-0.4, -0.2) is 63.7 Å². The maximum Gasteiger partial charge on any atom is 0.250 e. The first kappa shape index (κ1) is 20.6. The summed E-state index contributed by atoms with van der Waals surface area (Å²) in [5.74, 6) is 0.962. The van der Waals surface area contributed by atoms with Gasteiger partial charge >= 0.3 is 0 Å². The van der Waals surface area contributed by atoms with E-state index >= 15 is 0 Å². The number of aromatic hydroxyl groups is 1. The Bertz CT molecular complexity index is 1210. The Kier molecular flexibility index (Phi) is 4.97. The van der Waals surface area contributed by atoms with E-state index in [2.05, 4.69) is 15.1 Å². The number of halogens is 1. The van der Waals surface area contributed by atoms with Gasteiger partial charge in [-0.25, -0.2) is 4.39 Å². The molecule has 1 aromatic carbocycles. The molecule has 1 saturated carbocycles. The van der Waals surface area contributed by atoms with Crippen molar-refractivity contribution in [3.05, 3.63) is 59.0 Å². The van der Waals surface area contributed by atoms with Gasteiger partial charge in [0, 0.05) is 44.5 Å². The number of benzene rings is 1. The van der Waals surface area contributed by atoms with E-state index in [1.54, 1.807) is 31.4 Å². The number of piperidine rings is 1. The maximum absolute atomic E-state index is 14.9. The van der Waals surface area contributed by atoms with Gasteiger partial charge in [-0.15, -0.1) is 10.2 Å². The molecule has 7 nitrogen and oxygen atoms in total. The van der Waals surface area contributed by atoms with Crippen molar-refractivity contribution < 1.29 is 9.50 Å². The minimum absolute atomic E-state index is 0.0139. The van der Waals surface area contributed by atoms with Gasteiger partial charge in [0.15, 0.2) is 5.82 Å². The highest BCUT2D eigenvalue weighted by atomic mass is 19.1. The largest absolute Gasteiger partial charge is 0.507 e. The molecular formula is C24H26FN5O2. The van der Waals surface area contributed by atoms with E-state index in [-0.39, 0.29) is 29.3 Å². The van der Waals surface area contributed by atoms with Gasteiger partial charge in [0.25, 0.3) is 5.56 Å². The maximum atomic E-state index is 14.9. The van der Waals surface area contributed by atoms with Gasteiger partial charge in [-0.3, -0.25) is 4.79 Å². The van der Waals surface area contributed by atoms with Crippen molar-refractivity contribution in [3.8, 4) is 28.1 Å². The molecule has 2 bridgehead atoms. The minimum Gasteiger partial charge on any atom is -0.507 e. The summed E-state index contributed by atoms with van der Waals surface area (Å²) in [6.07, 6.45) is 1.67. The van der Waals surface area contributed by atoms with Crippen LogP contribution in [0.3, 0.4) is 0 Å². The van der Waals surface area contributed by atoms with Crippen LogP contribution in [0.25, 0.3) is 22.4 Å². The lowest BCUT2D eigenvalue weighted by Gasteiger charge is -2.37. The fourth-order valence-corrected chi connectivity index (χ4v) is 5.17. The van der Waals surface area contributed by atoms with Crippen molar-refractivity contribution in [2.24, 2.45) is 13.0 Å². The summed E-state index contributed by atoms with van der Waals surface area (Å²) >= 11 is 0. The number of aryl methyl sites for hydroxylation is 1. The summed E-state index contributed by atoms with van der Waals surface area (Å²) in [6.45, 7) is 0.902. The molecule has 1 N–H and O–H groups in total. The Balaban J connectivity index is 1.37. The van der Waals surface area contributed by atoms with Gasteiger partial charge in [0.2, 0.25) is 0 Å². The van der Waals surface area contributed by atoms with Gasteiger partial charge in [0.05, 0.1) is 11.7 Å². The third kappa shape index (κ3) is 3.35. The summed E-state index contributed by atoms with van der Waals surface area (Å²) in [7, 11) is 5.55. The number of phenols is 1. The molecule has 2 fully saturated rings. The normalized spacial score (nSPS) is 24.8. The Morgan fingerprint density at radius 1 is 1.09 bits per heavy atom. The van der Waals surface area contributed by atoms with Gasteiger partial charge < -0.3 is 19.5 Å². The molecule has 1 saturated heterocycles. The second kappa shape index (κ2) is 7.70. The molecule has 0 spiro atoms. The summed E-state index contributed by atoms with van der Waals surface area (Å²) < 4.78 is 16.4. The van der Waals surface area contributed by atoms with Crippen molar-refractivity contribution in [1.82, 2.24) is 19.7 Å². The lowest BCUT2D eigenvalue weighted by atomic mass is 10.00. The molecule has 5 rings (SSSR count). The van der Waals surface area contributed by atoms with Crippen LogP contribution in [0.5, 0.6) is 5.75 Å². The molecule has 166 valence electrons. The minimum atomic E-state index is -0.906. The first-order valence-corrected chi connectivity index (χ1v) is 10.7. The molecule has 32 heavy (non-hydrogen) atoms. The van der Waals surface area contributed by atoms with Crippen LogP contribution in [-0.2, 0) is 7.05 Å². The van der Waals surface area contributed by atoms with E-state index in [1.165, 1.54) is 10.6 Å². The molecule has 2 aromatic heterocycles. The van der Waals surface area contributed by atoms with Crippen LogP contribution in [0.4, 0.5) is 10.2 Å². The molecule has 0 unspecified atom stereocenters. The van der Waals surface area contributed by atoms with Gasteiger partial charge in [-0.2, -0.15) is 0 Å². The average Bonchev–Trinajstić information content (AvgIpc) is 3.31. The number of pyridine rings is 1. The molecule has 1 aliphatic carbocycles. The number of likely N-dealkylation sites (tertiary alicyclic amines) is 1. The highest BCUT2D eigenvalue weighted by Crippen LogP contribution is 2.42. The number of aromatic nitrogens is 3. The van der Waals surface area contributed by atoms with Gasteiger partial charge in [-0.05, 0) is 60.8 Å². The number of hydrogen-bond acceptors (Lipinski definition) is 6. The topological polar surface area (TPSA) is 74.5 Å². The van der Waals surface area contributed by atoms with Gasteiger partial charge in [-0.1, -0.05) is 6.07 Å². The van der Waals surface area contributed by atoms with Crippen LogP contribution in [0.1, 0.15) is 6.42 Å². The predicted octanol–water partition coefficient (Wildman–Crippen LogP) is 2.69. The van der Waals surface area contributed by atoms with Crippen molar-refractivity contribution in [3.63, 3.8) is 0 Å². The summed E-state index contributed by atoms with van der Waals surface area (Å²) in [5, 5.41) is 19.2. The fraction of sp³-hybridized carbons (Fsp3) is 0.375. The van der Waals surface area contributed by atoms with Crippen LogP contribution >= 0.6 is 0 Å². The summed E-state index contributed by atoms with van der Waals surface area (Å²) in [4.78, 5) is 15.9. The number of fused-ring (bicyclic) bond motifs is 2. The number of nitrogens with zero attached hydrogens (tertiary/aromatic N) is 5. The average molecular weight is 436 g/mol. The molecule has 1 aliphatic heterocycles. The van der Waals surface area contributed by atoms with Crippen LogP contribution in [0, 0.1) is 5.92 Å². The quantitative estimate of drug-likeness (QED) is 0.679. The van der Waals surface area contributed by atoms with E-state index in [9.17, 15) is 14.3 Å². The van der Waals surface area contributed by atoms with Crippen LogP contribution < -0.4 is 10.5 Å². The SMILES string of the molecule is CN1C[C@H]2C[C@@H]1[C@@H](F)[C@@H]2N(C)c1ccc(-c2ccc(-c3ccn(C)c(=O)c3)cc2O)nn1. The molecular weight excluding hydrogens is 409 g/mol. The predicted molar refractivity (Wildman–Crippen MR) is 121 cm³/mol. The smallest absolute Gasteiger partial charge is 0.250 e. The van der Waals surface area contributed by atoms with Crippen molar-refractivity contribution in [1.29, 1.82) is 0 Å². The molecule has 4 atom stereocenters. The number of rotatable bonds is 4. The second-order valence-corrected chi connectivity index (χ2v) is 8.92. The Labute approximate surface area is 185 Å². The van der Waals surface area contributed by atoms with E-state index in [1.807, 2.05) is 37.2 Å². The van der Waals surface area contributed by atoms with Crippen LogP contribution in [0.2, 0.25) is 0 Å². The van der Waals surface area contributed by atoms with Gasteiger partial charge in [0.1, 0.15) is 11.9 Å². The van der Waals surface area contributed by atoms with E-state index in [0.717, 1.165) is 24.1 Å². The first-order valence-electron chi connectivity index (χ1n) is 10.7. The first-order chi connectivity index (χ1) is 15.3. The fourth-order valence-electron chi connectivity index (χ4n) is 5.17. The number of hydrogen-bond donors (Lipinski definition) is 1. The molecule has 3 heterocycles. The molecule has 3 aromatic rings. The second-order valence-electron chi connectivity index (χ2n) is 8.92. The lowest BCUT2D eigenvalue weighted by molar-refractivity contribution is 0.126. The van der Waals surface area contributed by atoms with E-state index in [0.29, 0.717) is 17.1 Å². The Morgan fingerprint density at radius 3 is 2.50 bits per heavy atom. The summed E-state index contributed by atoms with van der Waals surface area (Å²) in [5.41, 5.74) is 2.43. The molecule has 2 aliphatic rings. The lowest BCUT2D eigenvalue weighted by Crippen LogP contribution is -2.51. The Morgan fingerprint density at radius 2 is 1.88 bits per heavy atom. The van der Waals surface area contributed by atoms with Crippen molar-refractivity contribution in [2.75, 3.05) is 25.5 Å². The highest BCUT2D eigenvalue weighted by molar-refractivity contribution is 5.74.